The monoisotopic (exact) mass is 410 g/mol. The summed E-state index contributed by atoms with van der Waals surface area (Å²) in [5, 5.41) is 12.0. The van der Waals surface area contributed by atoms with Gasteiger partial charge in [0.15, 0.2) is 6.61 Å². The molecule has 0 aliphatic rings. The highest BCUT2D eigenvalue weighted by Gasteiger charge is 2.22. The number of benzene rings is 1. The van der Waals surface area contributed by atoms with Crippen molar-refractivity contribution in [3.05, 3.63) is 47.3 Å². The zero-order valence-electron chi connectivity index (χ0n) is 13.5. The third-order valence-electron chi connectivity index (χ3n) is 3.29. The first-order valence-corrected chi connectivity index (χ1v) is 10.5. The number of nitrogens with one attached hydrogen (secondary N) is 1. The van der Waals surface area contributed by atoms with E-state index in [2.05, 4.69) is 15.5 Å². The standard InChI is InChI=1S/C15H14N4O4S3/c1-19(26(21,22)14-3-2-8-24-14)11-4-6-12(7-5-11)23-9-13(20)17-15-18-16-10-25-15/h2-8,10H,9H2,1H3,(H,17,18,20). The molecule has 26 heavy (non-hydrogen) atoms. The first-order chi connectivity index (χ1) is 12.5. The molecule has 1 amide bonds. The molecule has 8 nitrogen and oxygen atoms in total. The molecule has 0 atom stereocenters. The zero-order chi connectivity index (χ0) is 18.6. The van der Waals surface area contributed by atoms with Crippen LogP contribution in [0.3, 0.4) is 0 Å². The summed E-state index contributed by atoms with van der Waals surface area (Å²) in [5.74, 6) is 0.0892. The molecule has 0 aliphatic carbocycles. The van der Waals surface area contributed by atoms with Gasteiger partial charge in [-0.2, -0.15) is 0 Å². The number of thiophene rings is 1. The van der Waals surface area contributed by atoms with Crippen molar-refractivity contribution in [3.8, 4) is 5.75 Å². The maximum atomic E-state index is 12.5. The fourth-order valence-electron chi connectivity index (χ4n) is 1.97. The van der Waals surface area contributed by atoms with Crippen LogP contribution in [-0.2, 0) is 14.8 Å². The van der Waals surface area contributed by atoms with Crippen LogP contribution in [0.5, 0.6) is 5.75 Å². The van der Waals surface area contributed by atoms with Crippen molar-refractivity contribution in [1.29, 1.82) is 0 Å². The van der Waals surface area contributed by atoms with Crippen molar-refractivity contribution in [3.63, 3.8) is 0 Å². The molecule has 1 N–H and O–H groups in total. The van der Waals surface area contributed by atoms with Crippen LogP contribution >= 0.6 is 22.7 Å². The molecule has 1 aromatic carbocycles. The molecule has 0 unspecified atom stereocenters. The van der Waals surface area contributed by atoms with E-state index < -0.39 is 10.0 Å². The predicted molar refractivity (Wildman–Crippen MR) is 100 cm³/mol. The number of nitrogens with zero attached hydrogens (tertiary/aromatic N) is 3. The van der Waals surface area contributed by atoms with Crippen molar-refractivity contribution in [2.45, 2.75) is 4.21 Å². The number of amides is 1. The Kier molecular flexibility index (Phi) is 5.49. The van der Waals surface area contributed by atoms with Gasteiger partial charge >= 0.3 is 0 Å². The van der Waals surface area contributed by atoms with E-state index in [9.17, 15) is 13.2 Å². The van der Waals surface area contributed by atoms with Crippen LogP contribution in [-0.4, -0.2) is 38.2 Å². The number of sulfonamides is 1. The van der Waals surface area contributed by atoms with Crippen molar-refractivity contribution < 1.29 is 17.9 Å². The maximum absolute atomic E-state index is 12.5. The molecule has 11 heteroatoms. The van der Waals surface area contributed by atoms with Gasteiger partial charge in [0.2, 0.25) is 5.13 Å². The molecule has 0 saturated heterocycles. The minimum atomic E-state index is -3.58. The SMILES string of the molecule is CN(c1ccc(OCC(=O)Nc2nncs2)cc1)S(=O)(=O)c1cccs1. The zero-order valence-corrected chi connectivity index (χ0v) is 16.0. The number of aromatic nitrogens is 2. The van der Waals surface area contributed by atoms with Crippen LogP contribution in [0.4, 0.5) is 10.8 Å². The lowest BCUT2D eigenvalue weighted by Gasteiger charge is -2.18. The molecule has 2 aromatic heterocycles. The lowest BCUT2D eigenvalue weighted by Crippen LogP contribution is -2.25. The second-order valence-electron chi connectivity index (χ2n) is 4.98. The van der Waals surface area contributed by atoms with Gasteiger partial charge in [-0.05, 0) is 35.7 Å². The summed E-state index contributed by atoms with van der Waals surface area (Å²) in [6.07, 6.45) is 0. The smallest absolute Gasteiger partial charge is 0.273 e. The number of carbonyl (C=O) groups excluding carboxylic acids is 1. The molecule has 3 rings (SSSR count). The summed E-state index contributed by atoms with van der Waals surface area (Å²) >= 11 is 2.37. The topological polar surface area (TPSA) is 101 Å². The Labute approximate surface area is 158 Å². The molecule has 0 bridgehead atoms. The van der Waals surface area contributed by atoms with Crippen LogP contribution < -0.4 is 14.4 Å². The van der Waals surface area contributed by atoms with E-state index in [4.69, 9.17) is 4.74 Å². The Hall–Kier alpha value is -2.50. The first kappa shape index (κ1) is 18.3. The quantitative estimate of drug-likeness (QED) is 0.642. The lowest BCUT2D eigenvalue weighted by atomic mass is 10.3. The van der Waals surface area contributed by atoms with Crippen LogP contribution in [0.25, 0.3) is 0 Å². The van der Waals surface area contributed by atoms with E-state index >= 15 is 0 Å². The minimum absolute atomic E-state index is 0.192. The van der Waals surface area contributed by atoms with E-state index in [1.807, 2.05) is 0 Å². The number of anilines is 2. The van der Waals surface area contributed by atoms with Gasteiger partial charge in [0.1, 0.15) is 15.5 Å². The minimum Gasteiger partial charge on any atom is -0.484 e. The highest BCUT2D eigenvalue weighted by molar-refractivity contribution is 7.94. The van der Waals surface area contributed by atoms with E-state index in [1.165, 1.54) is 28.2 Å². The molecular weight excluding hydrogens is 396 g/mol. The van der Waals surface area contributed by atoms with Crippen LogP contribution in [0.2, 0.25) is 0 Å². The number of hydrogen-bond acceptors (Lipinski definition) is 8. The van der Waals surface area contributed by atoms with Gasteiger partial charge in [0, 0.05) is 7.05 Å². The highest BCUT2D eigenvalue weighted by atomic mass is 32.2. The van der Waals surface area contributed by atoms with Crippen molar-refractivity contribution in [1.82, 2.24) is 10.2 Å². The fourth-order valence-corrected chi connectivity index (χ4v) is 4.79. The molecular formula is C15H14N4O4S3. The molecule has 0 radical (unpaired) electrons. The van der Waals surface area contributed by atoms with Gasteiger partial charge in [0.05, 0.1) is 5.69 Å². The molecule has 3 aromatic rings. The fraction of sp³-hybridized carbons (Fsp3) is 0.133. The van der Waals surface area contributed by atoms with Crippen molar-refractivity contribution in [2.75, 3.05) is 23.3 Å². The summed E-state index contributed by atoms with van der Waals surface area (Å²) in [7, 11) is -2.09. The Morgan fingerprint density at radius 2 is 2.00 bits per heavy atom. The van der Waals surface area contributed by atoms with Gasteiger partial charge in [-0.1, -0.05) is 17.4 Å². The third-order valence-corrected chi connectivity index (χ3v) is 7.05. The molecule has 0 aliphatic heterocycles. The largest absolute Gasteiger partial charge is 0.484 e. The Balaban J connectivity index is 1.60. The Morgan fingerprint density at radius 1 is 1.23 bits per heavy atom. The van der Waals surface area contributed by atoms with E-state index in [0.717, 1.165) is 11.3 Å². The van der Waals surface area contributed by atoms with Crippen LogP contribution in [0.15, 0.2) is 51.5 Å². The molecule has 2 heterocycles. The van der Waals surface area contributed by atoms with Crippen molar-refractivity contribution >= 4 is 49.4 Å². The predicted octanol–water partition coefficient (Wildman–Crippen LogP) is 2.44. The lowest BCUT2D eigenvalue weighted by molar-refractivity contribution is -0.118. The summed E-state index contributed by atoms with van der Waals surface area (Å²) in [6, 6.07) is 9.69. The average Bonchev–Trinajstić information content (AvgIpc) is 3.34. The Bertz CT molecular complexity index is 955. The van der Waals surface area contributed by atoms with E-state index in [-0.39, 0.29) is 16.7 Å². The van der Waals surface area contributed by atoms with Gasteiger partial charge in [-0.3, -0.25) is 14.4 Å². The second kappa shape index (κ2) is 7.81. The maximum Gasteiger partial charge on any atom is 0.273 e. The molecule has 0 saturated carbocycles. The summed E-state index contributed by atoms with van der Waals surface area (Å²) in [4.78, 5) is 11.7. The number of ether oxygens (including phenoxy) is 1. The molecule has 136 valence electrons. The summed E-state index contributed by atoms with van der Waals surface area (Å²) in [5.41, 5.74) is 2.00. The van der Waals surface area contributed by atoms with Gasteiger partial charge < -0.3 is 4.74 Å². The van der Waals surface area contributed by atoms with Gasteiger partial charge in [-0.25, -0.2) is 8.42 Å². The summed E-state index contributed by atoms with van der Waals surface area (Å²) < 4.78 is 31.8. The third kappa shape index (κ3) is 4.18. The van der Waals surface area contributed by atoms with E-state index in [1.54, 1.807) is 41.8 Å². The van der Waals surface area contributed by atoms with Crippen molar-refractivity contribution in [2.24, 2.45) is 0 Å². The van der Waals surface area contributed by atoms with Crippen LogP contribution in [0, 0.1) is 0 Å². The number of hydrogen-bond donors (Lipinski definition) is 1. The molecule has 0 spiro atoms. The molecule has 0 fully saturated rings. The highest BCUT2D eigenvalue weighted by Crippen LogP contribution is 2.26. The van der Waals surface area contributed by atoms with Gasteiger partial charge in [0.25, 0.3) is 15.9 Å². The number of rotatable bonds is 7. The second-order valence-corrected chi connectivity index (χ2v) is 8.96. The first-order valence-electron chi connectivity index (χ1n) is 7.28. The van der Waals surface area contributed by atoms with E-state index in [0.29, 0.717) is 16.6 Å². The van der Waals surface area contributed by atoms with Gasteiger partial charge in [-0.15, -0.1) is 21.5 Å². The Morgan fingerprint density at radius 3 is 2.62 bits per heavy atom. The number of carbonyl (C=O) groups is 1. The average molecular weight is 411 g/mol. The normalized spacial score (nSPS) is 11.1. The van der Waals surface area contributed by atoms with Crippen LogP contribution in [0.1, 0.15) is 0 Å². The summed E-state index contributed by atoms with van der Waals surface area (Å²) in [6.45, 7) is -0.192.